The van der Waals surface area contributed by atoms with E-state index in [0.717, 1.165) is 5.56 Å². The molecule has 1 fully saturated rings. The average Bonchev–Trinajstić information content (AvgIpc) is 2.84. The minimum absolute atomic E-state index is 0.0348. The second-order valence-corrected chi connectivity index (χ2v) is 7.94. The zero-order valence-corrected chi connectivity index (χ0v) is 18.2. The first-order chi connectivity index (χ1) is 15.9. The van der Waals surface area contributed by atoms with Crippen LogP contribution < -0.4 is 0 Å². The van der Waals surface area contributed by atoms with Crippen molar-refractivity contribution in [3.8, 4) is 22.3 Å². The van der Waals surface area contributed by atoms with Gasteiger partial charge in [-0.3, -0.25) is 0 Å². The summed E-state index contributed by atoms with van der Waals surface area (Å²) in [6, 6.07) is 12.1. The summed E-state index contributed by atoms with van der Waals surface area (Å²) in [4.78, 5) is 0. The second-order valence-electron chi connectivity index (χ2n) is 7.94. The van der Waals surface area contributed by atoms with Crippen molar-refractivity contribution in [2.45, 2.75) is 32.0 Å². The van der Waals surface area contributed by atoms with E-state index in [9.17, 15) is 17.6 Å². The monoisotopic (exact) mass is 456 g/mol. The Morgan fingerprint density at radius 1 is 0.848 bits per heavy atom. The molecule has 1 aliphatic rings. The molecule has 2 nitrogen and oxygen atoms in total. The molecular weight excluding hydrogens is 432 g/mol. The molecule has 0 bridgehead atoms. The highest BCUT2D eigenvalue weighted by atomic mass is 19.2. The van der Waals surface area contributed by atoms with Gasteiger partial charge in [-0.25, -0.2) is 17.6 Å². The van der Waals surface area contributed by atoms with Crippen LogP contribution in [0, 0.1) is 23.3 Å². The van der Waals surface area contributed by atoms with Crippen molar-refractivity contribution in [1.82, 2.24) is 0 Å². The zero-order valence-electron chi connectivity index (χ0n) is 18.2. The number of hydrogen-bond acceptors (Lipinski definition) is 2. The zero-order chi connectivity index (χ0) is 23.5. The number of ether oxygens (including phenoxy) is 2. The summed E-state index contributed by atoms with van der Waals surface area (Å²) in [5.74, 6) is -4.97. The molecule has 1 aliphatic heterocycles. The Hall–Kier alpha value is -2.96. The standard InChI is InChI=1S/C27H24F4O2/c1-3-16-5-7-17(8-6-16)19-10-12-21(26(30)24(19)28)22-13-11-20(25(29)27(22)31)18-9-14-23(32-4-2)33-15-18/h3,5-8,10-13,18,23H,1,4,9,14-15H2,2H3. The maximum Gasteiger partial charge on any atom is 0.167 e. The highest BCUT2D eigenvalue weighted by molar-refractivity contribution is 5.73. The summed E-state index contributed by atoms with van der Waals surface area (Å²) in [5, 5.41) is 0. The smallest absolute Gasteiger partial charge is 0.167 e. The maximum absolute atomic E-state index is 15.0. The number of hydrogen-bond donors (Lipinski definition) is 0. The van der Waals surface area contributed by atoms with E-state index in [1.807, 2.05) is 6.92 Å². The van der Waals surface area contributed by atoms with Crippen LogP contribution in [0.2, 0.25) is 0 Å². The predicted molar refractivity (Wildman–Crippen MR) is 121 cm³/mol. The largest absolute Gasteiger partial charge is 0.353 e. The topological polar surface area (TPSA) is 18.5 Å². The molecule has 0 aromatic heterocycles. The van der Waals surface area contributed by atoms with Crippen LogP contribution in [0.1, 0.15) is 36.8 Å². The third kappa shape index (κ3) is 4.59. The fraction of sp³-hybridized carbons (Fsp3) is 0.259. The second kappa shape index (κ2) is 9.89. The maximum atomic E-state index is 15.0. The van der Waals surface area contributed by atoms with Gasteiger partial charge in [0.15, 0.2) is 29.6 Å². The van der Waals surface area contributed by atoms with Crippen LogP contribution in [0.15, 0.2) is 55.1 Å². The Balaban J connectivity index is 1.63. The van der Waals surface area contributed by atoms with Crippen LogP contribution in [0.25, 0.3) is 28.3 Å². The third-order valence-electron chi connectivity index (χ3n) is 5.97. The molecule has 2 unspecified atom stereocenters. The van der Waals surface area contributed by atoms with Gasteiger partial charge in [0.05, 0.1) is 6.61 Å². The molecule has 33 heavy (non-hydrogen) atoms. The van der Waals surface area contributed by atoms with Gasteiger partial charge in [-0.15, -0.1) is 0 Å². The summed E-state index contributed by atoms with van der Waals surface area (Å²) < 4.78 is 70.7. The normalized spacial score (nSPS) is 18.3. The molecule has 3 aromatic carbocycles. The van der Waals surface area contributed by atoms with E-state index >= 15 is 0 Å². The summed E-state index contributed by atoms with van der Waals surface area (Å²) in [5.41, 5.74) is 0.834. The van der Waals surface area contributed by atoms with Crippen molar-refractivity contribution < 1.29 is 27.0 Å². The molecule has 0 amide bonds. The van der Waals surface area contributed by atoms with Gasteiger partial charge in [-0.1, -0.05) is 61.2 Å². The van der Waals surface area contributed by atoms with Crippen LogP contribution in [0.3, 0.4) is 0 Å². The molecule has 0 spiro atoms. The summed E-state index contributed by atoms with van der Waals surface area (Å²) in [6.07, 6.45) is 2.43. The van der Waals surface area contributed by atoms with Crippen LogP contribution in [0.5, 0.6) is 0 Å². The van der Waals surface area contributed by atoms with Crippen molar-refractivity contribution in [3.05, 3.63) is 89.5 Å². The van der Waals surface area contributed by atoms with Gasteiger partial charge in [-0.2, -0.15) is 0 Å². The quantitative estimate of drug-likeness (QED) is 0.358. The SMILES string of the molecule is C=Cc1ccc(-c2ccc(-c3ccc(C4CCC(OCC)OC4)c(F)c3F)c(F)c2F)cc1. The van der Waals surface area contributed by atoms with Gasteiger partial charge in [0.1, 0.15) is 0 Å². The minimum atomic E-state index is -1.23. The Bertz CT molecular complexity index is 1150. The highest BCUT2D eigenvalue weighted by Crippen LogP contribution is 2.37. The first-order valence-corrected chi connectivity index (χ1v) is 10.9. The summed E-state index contributed by atoms with van der Waals surface area (Å²) in [6.45, 7) is 6.22. The molecule has 1 heterocycles. The molecule has 1 saturated heterocycles. The molecule has 2 atom stereocenters. The molecular formula is C27H24F4O2. The van der Waals surface area contributed by atoms with Crippen LogP contribution in [0.4, 0.5) is 17.6 Å². The Morgan fingerprint density at radius 2 is 1.45 bits per heavy atom. The average molecular weight is 456 g/mol. The number of halogens is 4. The van der Waals surface area contributed by atoms with Crippen molar-refractivity contribution in [3.63, 3.8) is 0 Å². The summed E-state index contributed by atoms with van der Waals surface area (Å²) in [7, 11) is 0. The Labute approximate surface area is 190 Å². The van der Waals surface area contributed by atoms with E-state index in [2.05, 4.69) is 6.58 Å². The van der Waals surface area contributed by atoms with Crippen LogP contribution in [-0.4, -0.2) is 19.5 Å². The molecule has 0 N–H and O–H groups in total. The Kier molecular flexibility index (Phi) is 6.96. The molecule has 3 aromatic rings. The van der Waals surface area contributed by atoms with E-state index < -0.39 is 23.3 Å². The summed E-state index contributed by atoms with van der Waals surface area (Å²) >= 11 is 0. The lowest BCUT2D eigenvalue weighted by Crippen LogP contribution is -2.27. The molecule has 4 rings (SSSR count). The molecule has 0 radical (unpaired) electrons. The lowest BCUT2D eigenvalue weighted by atomic mass is 9.90. The first kappa shape index (κ1) is 23.2. The molecule has 172 valence electrons. The Morgan fingerprint density at radius 3 is 2.06 bits per heavy atom. The van der Waals surface area contributed by atoms with E-state index in [0.29, 0.717) is 25.0 Å². The highest BCUT2D eigenvalue weighted by Gasteiger charge is 2.28. The molecule has 0 aliphatic carbocycles. The van der Waals surface area contributed by atoms with Crippen LogP contribution in [-0.2, 0) is 9.47 Å². The van der Waals surface area contributed by atoms with Gasteiger partial charge < -0.3 is 9.47 Å². The van der Waals surface area contributed by atoms with Crippen LogP contribution >= 0.6 is 0 Å². The fourth-order valence-corrected chi connectivity index (χ4v) is 4.16. The number of rotatable bonds is 6. The first-order valence-electron chi connectivity index (χ1n) is 10.9. The van der Waals surface area contributed by atoms with Gasteiger partial charge in [0, 0.05) is 29.2 Å². The number of benzene rings is 3. The van der Waals surface area contributed by atoms with E-state index in [-0.39, 0.29) is 41.1 Å². The van der Waals surface area contributed by atoms with Gasteiger partial charge in [-0.05, 0) is 36.5 Å². The van der Waals surface area contributed by atoms with Crippen molar-refractivity contribution in [2.24, 2.45) is 0 Å². The van der Waals surface area contributed by atoms with Crippen molar-refractivity contribution in [2.75, 3.05) is 13.2 Å². The minimum Gasteiger partial charge on any atom is -0.353 e. The fourth-order valence-electron chi connectivity index (χ4n) is 4.16. The van der Waals surface area contributed by atoms with Gasteiger partial charge in [0.2, 0.25) is 0 Å². The van der Waals surface area contributed by atoms with E-state index in [1.165, 1.54) is 24.3 Å². The van der Waals surface area contributed by atoms with Gasteiger partial charge in [0.25, 0.3) is 0 Å². The lowest BCUT2D eigenvalue weighted by molar-refractivity contribution is -0.164. The van der Waals surface area contributed by atoms with Crippen molar-refractivity contribution in [1.29, 1.82) is 0 Å². The van der Waals surface area contributed by atoms with Crippen molar-refractivity contribution >= 4 is 6.08 Å². The predicted octanol–water partition coefficient (Wildman–Crippen LogP) is 7.48. The lowest BCUT2D eigenvalue weighted by Gasteiger charge is -2.29. The van der Waals surface area contributed by atoms with E-state index in [4.69, 9.17) is 9.47 Å². The molecule has 6 heteroatoms. The third-order valence-corrected chi connectivity index (χ3v) is 5.97. The molecule has 0 saturated carbocycles. The van der Waals surface area contributed by atoms with E-state index in [1.54, 1.807) is 30.3 Å². The van der Waals surface area contributed by atoms with Gasteiger partial charge >= 0.3 is 0 Å².